The minimum absolute atomic E-state index is 0.405. The summed E-state index contributed by atoms with van der Waals surface area (Å²) in [6.07, 6.45) is 1.11. The number of pyridine rings is 1. The molecule has 1 aromatic heterocycles. The van der Waals surface area contributed by atoms with Crippen LogP contribution in [0.3, 0.4) is 0 Å². The minimum Gasteiger partial charge on any atom is -0.387 e. The Morgan fingerprint density at radius 1 is 1.21 bits per heavy atom. The third-order valence-electron chi connectivity index (χ3n) is 2.87. The number of rotatable bonds is 4. The van der Waals surface area contributed by atoms with Crippen molar-refractivity contribution in [1.82, 2.24) is 4.98 Å². The highest BCUT2D eigenvalue weighted by molar-refractivity contribution is 7.99. The van der Waals surface area contributed by atoms with Crippen LogP contribution in [0.1, 0.15) is 22.8 Å². The molecule has 0 amide bonds. The highest BCUT2D eigenvalue weighted by Crippen LogP contribution is 2.27. The summed E-state index contributed by atoms with van der Waals surface area (Å²) >= 11 is 1.61. The maximum Gasteiger partial charge on any atom is 0.129 e. The van der Waals surface area contributed by atoms with Gasteiger partial charge in [-0.25, -0.2) is 4.98 Å². The van der Waals surface area contributed by atoms with E-state index in [0.29, 0.717) is 17.1 Å². The van der Waals surface area contributed by atoms with Crippen molar-refractivity contribution in [3.05, 3.63) is 53.2 Å². The average Bonchev–Trinajstić information content (AvgIpc) is 2.40. The molecular formula is C15H18N2OS. The molecule has 0 saturated carbocycles. The van der Waals surface area contributed by atoms with Gasteiger partial charge in [0.25, 0.3) is 0 Å². The number of nitrogen functional groups attached to an aromatic ring is 1. The Morgan fingerprint density at radius 2 is 1.89 bits per heavy atom. The molecule has 2 rings (SSSR count). The van der Waals surface area contributed by atoms with E-state index in [9.17, 15) is 5.11 Å². The monoisotopic (exact) mass is 274 g/mol. The number of thioether (sulfide) groups is 1. The van der Waals surface area contributed by atoms with Crippen LogP contribution in [0.5, 0.6) is 0 Å². The van der Waals surface area contributed by atoms with Gasteiger partial charge < -0.3 is 10.8 Å². The van der Waals surface area contributed by atoms with Crippen LogP contribution in [0.2, 0.25) is 0 Å². The number of aromatic nitrogens is 1. The van der Waals surface area contributed by atoms with Crippen molar-refractivity contribution in [1.29, 1.82) is 0 Å². The SMILES string of the molecule is Cc1ccc(SCC(O)c2cc(C)cnc2N)cc1. The van der Waals surface area contributed by atoms with E-state index in [-0.39, 0.29) is 0 Å². The number of nitrogens with zero attached hydrogens (tertiary/aromatic N) is 1. The lowest BCUT2D eigenvalue weighted by atomic mass is 10.1. The van der Waals surface area contributed by atoms with E-state index in [1.165, 1.54) is 5.56 Å². The quantitative estimate of drug-likeness (QED) is 0.841. The molecular weight excluding hydrogens is 256 g/mol. The van der Waals surface area contributed by atoms with Crippen molar-refractivity contribution in [3.63, 3.8) is 0 Å². The molecule has 3 nitrogen and oxygen atoms in total. The molecule has 0 aliphatic heterocycles. The second-order valence-electron chi connectivity index (χ2n) is 4.63. The summed E-state index contributed by atoms with van der Waals surface area (Å²) < 4.78 is 0. The summed E-state index contributed by atoms with van der Waals surface area (Å²) in [6, 6.07) is 10.1. The third-order valence-corrected chi connectivity index (χ3v) is 3.96. The van der Waals surface area contributed by atoms with Crippen LogP contribution in [-0.2, 0) is 0 Å². The number of aliphatic hydroxyl groups is 1. The van der Waals surface area contributed by atoms with E-state index >= 15 is 0 Å². The first-order chi connectivity index (χ1) is 9.06. The largest absolute Gasteiger partial charge is 0.387 e. The Morgan fingerprint density at radius 3 is 2.58 bits per heavy atom. The molecule has 2 aromatic rings. The van der Waals surface area contributed by atoms with E-state index in [0.717, 1.165) is 10.5 Å². The van der Waals surface area contributed by atoms with Gasteiger partial charge in [0.2, 0.25) is 0 Å². The fraction of sp³-hybridized carbons (Fsp3) is 0.267. The number of aryl methyl sites for hydroxylation is 2. The van der Waals surface area contributed by atoms with Gasteiger partial charge >= 0.3 is 0 Å². The molecule has 0 aliphatic rings. The summed E-state index contributed by atoms with van der Waals surface area (Å²) in [4.78, 5) is 5.22. The van der Waals surface area contributed by atoms with E-state index < -0.39 is 6.10 Å². The van der Waals surface area contributed by atoms with E-state index in [4.69, 9.17) is 5.73 Å². The van der Waals surface area contributed by atoms with Gasteiger partial charge in [-0.2, -0.15) is 0 Å². The van der Waals surface area contributed by atoms with Crippen LogP contribution in [-0.4, -0.2) is 15.8 Å². The van der Waals surface area contributed by atoms with E-state index in [1.807, 2.05) is 13.0 Å². The summed E-state index contributed by atoms with van der Waals surface area (Å²) in [5.74, 6) is 0.973. The molecule has 1 aromatic carbocycles. The zero-order valence-corrected chi connectivity index (χ0v) is 11.9. The first kappa shape index (κ1) is 13.9. The second-order valence-corrected chi connectivity index (χ2v) is 5.72. The van der Waals surface area contributed by atoms with Crippen LogP contribution in [0.25, 0.3) is 0 Å². The molecule has 3 N–H and O–H groups in total. The molecule has 0 bridgehead atoms. The zero-order chi connectivity index (χ0) is 13.8. The normalized spacial score (nSPS) is 12.4. The van der Waals surface area contributed by atoms with Gasteiger partial charge in [-0.15, -0.1) is 11.8 Å². The summed E-state index contributed by atoms with van der Waals surface area (Å²) in [5.41, 5.74) is 8.74. The van der Waals surface area contributed by atoms with E-state index in [1.54, 1.807) is 18.0 Å². The van der Waals surface area contributed by atoms with Crippen LogP contribution in [0.15, 0.2) is 41.4 Å². The number of anilines is 1. The summed E-state index contributed by atoms with van der Waals surface area (Å²) in [5, 5.41) is 10.2. The number of hydrogen-bond acceptors (Lipinski definition) is 4. The van der Waals surface area contributed by atoms with Crippen LogP contribution < -0.4 is 5.73 Å². The summed E-state index contributed by atoms with van der Waals surface area (Å²) in [6.45, 7) is 4.00. The fourth-order valence-electron chi connectivity index (χ4n) is 1.77. The fourth-order valence-corrected chi connectivity index (χ4v) is 2.63. The third kappa shape index (κ3) is 3.72. The van der Waals surface area contributed by atoms with E-state index in [2.05, 4.69) is 36.2 Å². The number of aliphatic hydroxyl groups excluding tert-OH is 1. The van der Waals surface area contributed by atoms with Gasteiger partial charge in [-0.3, -0.25) is 0 Å². The van der Waals surface area contributed by atoms with Gasteiger partial charge in [-0.1, -0.05) is 17.7 Å². The Kier molecular flexibility index (Phi) is 4.45. The first-order valence-electron chi connectivity index (χ1n) is 6.16. The maximum absolute atomic E-state index is 10.2. The van der Waals surface area contributed by atoms with Gasteiger partial charge in [0.05, 0.1) is 6.10 Å². The van der Waals surface area contributed by atoms with Crippen LogP contribution >= 0.6 is 11.8 Å². The topological polar surface area (TPSA) is 59.1 Å². The van der Waals surface area contributed by atoms with Crippen molar-refractivity contribution >= 4 is 17.6 Å². The molecule has 0 aliphatic carbocycles. The molecule has 0 spiro atoms. The van der Waals surface area contributed by atoms with Gasteiger partial charge in [0.1, 0.15) is 5.82 Å². The zero-order valence-electron chi connectivity index (χ0n) is 11.1. The van der Waals surface area contributed by atoms with Crippen molar-refractivity contribution in [2.75, 3.05) is 11.5 Å². The highest BCUT2D eigenvalue weighted by atomic mass is 32.2. The molecule has 0 radical (unpaired) electrons. The number of nitrogens with two attached hydrogens (primary N) is 1. The standard InChI is InChI=1S/C15H18N2OS/c1-10-3-5-12(6-4-10)19-9-14(18)13-7-11(2)8-17-15(13)16/h3-8,14,18H,9H2,1-2H3,(H2,16,17). The Hall–Kier alpha value is -1.52. The molecule has 1 atom stereocenters. The molecule has 1 unspecified atom stereocenters. The Bertz CT molecular complexity index is 555. The van der Waals surface area contributed by atoms with Crippen molar-refractivity contribution in [2.24, 2.45) is 0 Å². The van der Waals surface area contributed by atoms with Crippen molar-refractivity contribution in [3.8, 4) is 0 Å². The molecule has 0 fully saturated rings. The predicted molar refractivity (Wildman–Crippen MR) is 80.2 cm³/mol. The van der Waals surface area contributed by atoms with Crippen LogP contribution in [0.4, 0.5) is 5.82 Å². The lowest BCUT2D eigenvalue weighted by Crippen LogP contribution is -2.06. The first-order valence-corrected chi connectivity index (χ1v) is 7.14. The highest BCUT2D eigenvalue weighted by Gasteiger charge is 2.12. The van der Waals surface area contributed by atoms with Gasteiger partial charge in [0.15, 0.2) is 0 Å². The lowest BCUT2D eigenvalue weighted by molar-refractivity contribution is 0.204. The van der Waals surface area contributed by atoms with Crippen molar-refractivity contribution < 1.29 is 5.11 Å². The molecule has 0 saturated heterocycles. The summed E-state index contributed by atoms with van der Waals surface area (Å²) in [7, 11) is 0. The molecule has 4 heteroatoms. The second kappa shape index (κ2) is 6.08. The number of hydrogen-bond donors (Lipinski definition) is 2. The van der Waals surface area contributed by atoms with Crippen molar-refractivity contribution in [2.45, 2.75) is 24.8 Å². The predicted octanol–water partition coefficient (Wildman–Crippen LogP) is 3.11. The smallest absolute Gasteiger partial charge is 0.129 e. The Labute approximate surface area is 117 Å². The molecule has 100 valence electrons. The van der Waals surface area contributed by atoms with Gasteiger partial charge in [0, 0.05) is 22.4 Å². The average molecular weight is 274 g/mol. The van der Waals surface area contributed by atoms with Crippen LogP contribution in [0, 0.1) is 13.8 Å². The maximum atomic E-state index is 10.2. The number of benzene rings is 1. The lowest BCUT2D eigenvalue weighted by Gasteiger charge is -2.13. The minimum atomic E-state index is -0.598. The Balaban J connectivity index is 2.03. The molecule has 1 heterocycles. The van der Waals surface area contributed by atoms with Gasteiger partial charge in [-0.05, 0) is 37.6 Å². The molecule has 19 heavy (non-hydrogen) atoms.